The Morgan fingerprint density at radius 1 is 1.47 bits per heavy atom. The Kier molecular flexibility index (Phi) is 4.97. The largest absolute Gasteiger partial charge is 0.496 e. The minimum atomic E-state index is 0.209. The third-order valence-corrected chi connectivity index (χ3v) is 3.85. The summed E-state index contributed by atoms with van der Waals surface area (Å²) in [5.74, 6) is 1.38. The topological polar surface area (TPSA) is 38.3 Å². The van der Waals surface area contributed by atoms with Gasteiger partial charge in [0, 0.05) is 6.42 Å². The van der Waals surface area contributed by atoms with Crippen molar-refractivity contribution in [2.24, 2.45) is 5.92 Å². The summed E-state index contributed by atoms with van der Waals surface area (Å²) in [5.41, 5.74) is 1.93. The Hall–Kier alpha value is -1.35. The van der Waals surface area contributed by atoms with Gasteiger partial charge in [-0.15, -0.1) is 0 Å². The van der Waals surface area contributed by atoms with Gasteiger partial charge in [-0.05, 0) is 56.0 Å². The SMILES string of the molecule is CCc1ccc(OC)c(C(=O)CC2CCCNC2)c1. The molecule has 1 unspecified atom stereocenters. The Bertz CT molecular complexity index is 436. The first-order valence-corrected chi connectivity index (χ1v) is 7.15. The lowest BCUT2D eigenvalue weighted by Crippen LogP contribution is -2.31. The van der Waals surface area contributed by atoms with E-state index in [-0.39, 0.29) is 5.78 Å². The first kappa shape index (κ1) is 14.1. The summed E-state index contributed by atoms with van der Waals surface area (Å²) in [6, 6.07) is 5.92. The molecule has 19 heavy (non-hydrogen) atoms. The Labute approximate surface area is 115 Å². The van der Waals surface area contributed by atoms with Crippen LogP contribution in [0.4, 0.5) is 0 Å². The smallest absolute Gasteiger partial charge is 0.166 e. The van der Waals surface area contributed by atoms with Crippen molar-refractivity contribution in [3.8, 4) is 5.75 Å². The summed E-state index contributed by atoms with van der Waals surface area (Å²) >= 11 is 0. The molecule has 104 valence electrons. The summed E-state index contributed by atoms with van der Waals surface area (Å²) in [4.78, 5) is 12.5. The first-order valence-electron chi connectivity index (χ1n) is 7.15. The van der Waals surface area contributed by atoms with Crippen molar-refractivity contribution in [3.63, 3.8) is 0 Å². The van der Waals surface area contributed by atoms with Crippen LogP contribution in [0, 0.1) is 5.92 Å². The predicted octanol–water partition coefficient (Wildman–Crippen LogP) is 2.83. The lowest BCUT2D eigenvalue weighted by molar-refractivity contribution is 0.0950. The second kappa shape index (κ2) is 6.71. The molecule has 1 atom stereocenters. The van der Waals surface area contributed by atoms with Gasteiger partial charge in [0.1, 0.15) is 5.75 Å². The van der Waals surface area contributed by atoms with E-state index in [1.165, 1.54) is 12.0 Å². The fraction of sp³-hybridized carbons (Fsp3) is 0.562. The molecular formula is C16H23NO2. The van der Waals surface area contributed by atoms with Gasteiger partial charge in [0.15, 0.2) is 5.78 Å². The third kappa shape index (κ3) is 3.57. The van der Waals surface area contributed by atoms with Crippen molar-refractivity contribution in [1.29, 1.82) is 0 Å². The van der Waals surface area contributed by atoms with E-state index >= 15 is 0 Å². The van der Waals surface area contributed by atoms with Gasteiger partial charge >= 0.3 is 0 Å². The van der Waals surface area contributed by atoms with Gasteiger partial charge in [-0.1, -0.05) is 13.0 Å². The van der Waals surface area contributed by atoms with E-state index in [0.29, 0.717) is 18.1 Å². The lowest BCUT2D eigenvalue weighted by atomic mass is 9.91. The maximum Gasteiger partial charge on any atom is 0.166 e. The van der Waals surface area contributed by atoms with Crippen LogP contribution in [0.15, 0.2) is 18.2 Å². The number of Topliss-reactive ketones (excluding diaryl/α,β-unsaturated/α-hetero) is 1. The number of hydrogen-bond acceptors (Lipinski definition) is 3. The van der Waals surface area contributed by atoms with Crippen molar-refractivity contribution in [3.05, 3.63) is 29.3 Å². The van der Waals surface area contributed by atoms with Crippen LogP contribution in [-0.2, 0) is 6.42 Å². The number of nitrogens with one attached hydrogen (secondary N) is 1. The Morgan fingerprint density at radius 2 is 2.32 bits per heavy atom. The van der Waals surface area contributed by atoms with Gasteiger partial charge in [0.25, 0.3) is 0 Å². The number of ketones is 1. The van der Waals surface area contributed by atoms with Crippen LogP contribution < -0.4 is 10.1 Å². The molecule has 0 aliphatic carbocycles. The molecule has 1 aliphatic heterocycles. The molecule has 1 heterocycles. The van der Waals surface area contributed by atoms with Crippen LogP contribution in [0.25, 0.3) is 0 Å². The van der Waals surface area contributed by atoms with Crippen LogP contribution in [0.5, 0.6) is 5.75 Å². The highest BCUT2D eigenvalue weighted by atomic mass is 16.5. The quantitative estimate of drug-likeness (QED) is 0.828. The molecule has 3 heteroatoms. The average Bonchev–Trinajstić information content (AvgIpc) is 2.47. The van der Waals surface area contributed by atoms with Crippen molar-refractivity contribution in [2.45, 2.75) is 32.6 Å². The molecule has 0 bridgehead atoms. The normalized spacial score (nSPS) is 19.2. The van der Waals surface area contributed by atoms with Gasteiger partial charge in [-0.25, -0.2) is 0 Å². The minimum Gasteiger partial charge on any atom is -0.496 e. The zero-order valence-electron chi connectivity index (χ0n) is 11.9. The first-order chi connectivity index (χ1) is 9.24. The second-order valence-corrected chi connectivity index (χ2v) is 5.23. The number of methoxy groups -OCH3 is 1. The van der Waals surface area contributed by atoms with Gasteiger partial charge in [-0.2, -0.15) is 0 Å². The summed E-state index contributed by atoms with van der Waals surface area (Å²) in [5, 5.41) is 3.36. The number of hydrogen-bond donors (Lipinski definition) is 1. The van der Waals surface area contributed by atoms with E-state index in [1.807, 2.05) is 18.2 Å². The van der Waals surface area contributed by atoms with E-state index in [1.54, 1.807) is 7.11 Å². The van der Waals surface area contributed by atoms with Gasteiger partial charge in [0.2, 0.25) is 0 Å². The molecule has 1 fully saturated rings. The molecule has 3 nitrogen and oxygen atoms in total. The summed E-state index contributed by atoms with van der Waals surface area (Å²) in [6.07, 6.45) is 3.88. The third-order valence-electron chi connectivity index (χ3n) is 3.85. The second-order valence-electron chi connectivity index (χ2n) is 5.23. The molecule has 0 amide bonds. The number of ether oxygens (including phenoxy) is 1. The van der Waals surface area contributed by atoms with Crippen molar-refractivity contribution in [1.82, 2.24) is 5.32 Å². The number of carbonyl (C=O) groups is 1. The van der Waals surface area contributed by atoms with Crippen LogP contribution in [-0.4, -0.2) is 26.0 Å². The minimum absolute atomic E-state index is 0.209. The molecule has 1 aromatic rings. The number of aryl methyl sites for hydroxylation is 1. The Balaban J connectivity index is 2.12. The number of carbonyl (C=O) groups excluding carboxylic acids is 1. The van der Waals surface area contributed by atoms with Crippen molar-refractivity contribution < 1.29 is 9.53 Å². The molecule has 2 rings (SSSR count). The molecule has 1 N–H and O–H groups in total. The monoisotopic (exact) mass is 261 g/mol. The van der Waals surface area contributed by atoms with Gasteiger partial charge in [0.05, 0.1) is 12.7 Å². The zero-order chi connectivity index (χ0) is 13.7. The van der Waals surface area contributed by atoms with Crippen molar-refractivity contribution >= 4 is 5.78 Å². The molecule has 0 aromatic heterocycles. The highest BCUT2D eigenvalue weighted by Crippen LogP contribution is 2.25. The molecular weight excluding hydrogens is 238 g/mol. The van der Waals surface area contributed by atoms with Crippen LogP contribution in [0.2, 0.25) is 0 Å². The molecule has 0 spiro atoms. The zero-order valence-corrected chi connectivity index (χ0v) is 11.9. The molecule has 1 saturated heterocycles. The van der Waals surface area contributed by atoms with Crippen LogP contribution in [0.3, 0.4) is 0 Å². The van der Waals surface area contributed by atoms with E-state index in [2.05, 4.69) is 12.2 Å². The van der Waals surface area contributed by atoms with E-state index < -0.39 is 0 Å². The Morgan fingerprint density at radius 3 is 2.95 bits per heavy atom. The van der Waals surface area contributed by atoms with Crippen LogP contribution >= 0.6 is 0 Å². The van der Waals surface area contributed by atoms with E-state index in [4.69, 9.17) is 4.74 Å². The molecule has 0 saturated carbocycles. The fourth-order valence-corrected chi connectivity index (χ4v) is 2.66. The van der Waals surface area contributed by atoms with Crippen molar-refractivity contribution in [2.75, 3.05) is 20.2 Å². The maximum atomic E-state index is 12.5. The summed E-state index contributed by atoms with van der Waals surface area (Å²) in [6.45, 7) is 4.14. The van der Waals surface area contributed by atoms with Crippen LogP contribution in [0.1, 0.15) is 42.1 Å². The molecule has 0 radical (unpaired) electrons. The predicted molar refractivity (Wildman–Crippen MR) is 76.9 cm³/mol. The molecule has 1 aromatic carbocycles. The summed E-state index contributed by atoms with van der Waals surface area (Å²) in [7, 11) is 1.62. The standard InChI is InChI=1S/C16H23NO2/c1-3-12-6-7-16(19-2)14(9-12)15(18)10-13-5-4-8-17-11-13/h6-7,9,13,17H,3-5,8,10-11H2,1-2H3. The lowest BCUT2D eigenvalue weighted by Gasteiger charge is -2.22. The fourth-order valence-electron chi connectivity index (χ4n) is 2.66. The highest BCUT2D eigenvalue weighted by Gasteiger charge is 2.20. The number of rotatable bonds is 5. The van der Waals surface area contributed by atoms with E-state index in [0.717, 1.165) is 31.5 Å². The van der Waals surface area contributed by atoms with Gasteiger partial charge < -0.3 is 10.1 Å². The maximum absolute atomic E-state index is 12.5. The van der Waals surface area contributed by atoms with E-state index in [9.17, 15) is 4.79 Å². The summed E-state index contributed by atoms with van der Waals surface area (Å²) < 4.78 is 5.32. The number of piperidine rings is 1. The number of benzene rings is 1. The van der Waals surface area contributed by atoms with Gasteiger partial charge in [-0.3, -0.25) is 4.79 Å². The average molecular weight is 261 g/mol. The molecule has 1 aliphatic rings. The highest BCUT2D eigenvalue weighted by molar-refractivity contribution is 5.99.